The number of nitrogens with zero attached hydrogens (tertiary/aromatic N) is 4. The fourth-order valence-electron chi connectivity index (χ4n) is 3.24. The molecule has 1 aromatic carbocycles. The number of carbonyl (C=O) groups is 2. The fraction of sp³-hybridized carbons (Fsp3) is 0.368. The topological polar surface area (TPSA) is 92.4 Å². The van der Waals surface area contributed by atoms with E-state index < -0.39 is 6.04 Å². The first-order valence-electron chi connectivity index (χ1n) is 8.61. The molecular weight excluding hydrogens is 330 g/mol. The molecule has 0 radical (unpaired) electrons. The zero-order valence-electron chi connectivity index (χ0n) is 15.3. The Kier molecular flexibility index (Phi) is 4.88. The highest BCUT2D eigenvalue weighted by atomic mass is 16.2. The highest BCUT2D eigenvalue weighted by molar-refractivity contribution is 5.97. The van der Waals surface area contributed by atoms with Crippen molar-refractivity contribution < 1.29 is 9.59 Å². The SMILES string of the molecule is Cc1cccc(CN2CCN(C(=O)c3cc(C)nc(N)n3)[C@@H](C)C2=O)c1. The average molecular weight is 353 g/mol. The van der Waals surface area contributed by atoms with Gasteiger partial charge in [0.1, 0.15) is 11.7 Å². The van der Waals surface area contributed by atoms with Gasteiger partial charge in [0, 0.05) is 25.3 Å². The van der Waals surface area contributed by atoms with Gasteiger partial charge in [0.25, 0.3) is 5.91 Å². The standard InChI is InChI=1S/C19H23N5O2/c1-12-5-4-6-15(9-12)11-23-7-8-24(14(3)17(23)25)18(26)16-10-13(2)21-19(20)22-16/h4-6,9-10,14H,7-8,11H2,1-3H3,(H2,20,21,22)/t14-/m0/s1. The number of hydrogen-bond acceptors (Lipinski definition) is 5. The molecule has 2 aromatic rings. The van der Waals surface area contributed by atoms with Crippen LogP contribution in [0, 0.1) is 13.8 Å². The summed E-state index contributed by atoms with van der Waals surface area (Å²) in [6, 6.07) is 9.14. The summed E-state index contributed by atoms with van der Waals surface area (Å²) >= 11 is 0. The van der Waals surface area contributed by atoms with Gasteiger partial charge in [0.2, 0.25) is 11.9 Å². The van der Waals surface area contributed by atoms with Crippen LogP contribution in [0.2, 0.25) is 0 Å². The number of carbonyl (C=O) groups excluding carboxylic acids is 2. The molecule has 1 aromatic heterocycles. The van der Waals surface area contributed by atoms with Gasteiger partial charge in [-0.05, 0) is 32.4 Å². The van der Waals surface area contributed by atoms with Gasteiger partial charge in [-0.1, -0.05) is 29.8 Å². The lowest BCUT2D eigenvalue weighted by atomic mass is 10.1. The first kappa shape index (κ1) is 17.8. The van der Waals surface area contributed by atoms with Crippen molar-refractivity contribution in [2.24, 2.45) is 0 Å². The van der Waals surface area contributed by atoms with Gasteiger partial charge in [-0.3, -0.25) is 9.59 Å². The highest BCUT2D eigenvalue weighted by Gasteiger charge is 2.35. The molecule has 3 rings (SSSR count). The summed E-state index contributed by atoms with van der Waals surface area (Å²) in [4.78, 5) is 36.9. The van der Waals surface area contributed by atoms with Crippen LogP contribution >= 0.6 is 0 Å². The van der Waals surface area contributed by atoms with Crippen LogP contribution < -0.4 is 5.73 Å². The van der Waals surface area contributed by atoms with E-state index in [4.69, 9.17) is 5.73 Å². The third kappa shape index (κ3) is 3.66. The zero-order chi connectivity index (χ0) is 18.8. The summed E-state index contributed by atoms with van der Waals surface area (Å²) in [5, 5.41) is 0. The highest BCUT2D eigenvalue weighted by Crippen LogP contribution is 2.18. The first-order valence-corrected chi connectivity index (χ1v) is 8.61. The van der Waals surface area contributed by atoms with Gasteiger partial charge in [0.05, 0.1) is 0 Å². The van der Waals surface area contributed by atoms with E-state index in [9.17, 15) is 9.59 Å². The Morgan fingerprint density at radius 2 is 2.00 bits per heavy atom. The molecule has 1 aliphatic rings. The monoisotopic (exact) mass is 353 g/mol. The molecule has 0 bridgehead atoms. The van der Waals surface area contributed by atoms with Gasteiger partial charge < -0.3 is 15.5 Å². The molecule has 2 heterocycles. The van der Waals surface area contributed by atoms with E-state index in [2.05, 4.69) is 16.0 Å². The minimum absolute atomic E-state index is 0.0606. The van der Waals surface area contributed by atoms with E-state index in [1.54, 1.807) is 29.7 Å². The number of rotatable bonds is 3. The second-order valence-corrected chi connectivity index (χ2v) is 6.68. The number of aromatic nitrogens is 2. The maximum atomic E-state index is 12.8. The molecule has 1 atom stereocenters. The lowest BCUT2D eigenvalue weighted by molar-refractivity contribution is -0.140. The van der Waals surface area contributed by atoms with Crippen molar-refractivity contribution >= 4 is 17.8 Å². The van der Waals surface area contributed by atoms with Gasteiger partial charge in [0.15, 0.2) is 0 Å². The Morgan fingerprint density at radius 3 is 2.69 bits per heavy atom. The van der Waals surface area contributed by atoms with Crippen LogP contribution in [0.4, 0.5) is 5.95 Å². The second-order valence-electron chi connectivity index (χ2n) is 6.68. The molecule has 2 N–H and O–H groups in total. The molecule has 7 heteroatoms. The molecule has 0 saturated carbocycles. The number of nitrogens with two attached hydrogens (primary N) is 1. The van der Waals surface area contributed by atoms with Crippen molar-refractivity contribution in [3.8, 4) is 0 Å². The summed E-state index contributed by atoms with van der Waals surface area (Å²) < 4.78 is 0. The Hall–Kier alpha value is -2.96. The van der Waals surface area contributed by atoms with Crippen molar-refractivity contribution in [3.05, 3.63) is 52.8 Å². The molecule has 7 nitrogen and oxygen atoms in total. The molecule has 1 fully saturated rings. The number of benzene rings is 1. The van der Waals surface area contributed by atoms with Crippen LogP contribution in [0.1, 0.15) is 34.2 Å². The van der Waals surface area contributed by atoms with Crippen LogP contribution in [-0.4, -0.2) is 50.7 Å². The summed E-state index contributed by atoms with van der Waals surface area (Å²) in [6.45, 7) is 7.03. The van der Waals surface area contributed by atoms with Crippen LogP contribution in [0.25, 0.3) is 0 Å². The molecule has 2 amide bonds. The average Bonchev–Trinajstić information content (AvgIpc) is 2.58. The smallest absolute Gasteiger partial charge is 0.273 e. The second kappa shape index (κ2) is 7.11. The van der Waals surface area contributed by atoms with Gasteiger partial charge in [-0.25, -0.2) is 9.97 Å². The van der Waals surface area contributed by atoms with Crippen molar-refractivity contribution in [3.63, 3.8) is 0 Å². The van der Waals surface area contributed by atoms with Gasteiger partial charge in [-0.15, -0.1) is 0 Å². The number of piperazine rings is 1. The van der Waals surface area contributed by atoms with E-state index in [1.807, 2.05) is 25.1 Å². The van der Waals surface area contributed by atoms with Crippen LogP contribution in [0.5, 0.6) is 0 Å². The fourth-order valence-corrected chi connectivity index (χ4v) is 3.24. The van der Waals surface area contributed by atoms with Crippen molar-refractivity contribution in [1.82, 2.24) is 19.8 Å². The van der Waals surface area contributed by atoms with E-state index in [0.717, 1.165) is 11.1 Å². The van der Waals surface area contributed by atoms with Gasteiger partial charge >= 0.3 is 0 Å². The first-order chi connectivity index (χ1) is 12.3. The normalized spacial score (nSPS) is 17.5. The molecule has 26 heavy (non-hydrogen) atoms. The summed E-state index contributed by atoms with van der Waals surface area (Å²) in [6.07, 6.45) is 0. The van der Waals surface area contributed by atoms with Crippen molar-refractivity contribution in [2.75, 3.05) is 18.8 Å². The third-order valence-corrected chi connectivity index (χ3v) is 4.55. The number of amides is 2. The van der Waals surface area contributed by atoms with Gasteiger partial charge in [-0.2, -0.15) is 0 Å². The van der Waals surface area contributed by atoms with Crippen molar-refractivity contribution in [2.45, 2.75) is 33.4 Å². The van der Waals surface area contributed by atoms with E-state index in [1.165, 1.54) is 0 Å². The molecular formula is C19H23N5O2. The molecule has 1 aliphatic heterocycles. The molecule has 0 unspecified atom stereocenters. The molecule has 136 valence electrons. The summed E-state index contributed by atoms with van der Waals surface area (Å²) in [7, 11) is 0. The van der Waals surface area contributed by atoms with E-state index in [-0.39, 0.29) is 23.5 Å². The van der Waals surface area contributed by atoms with Crippen LogP contribution in [0.3, 0.4) is 0 Å². The minimum Gasteiger partial charge on any atom is -0.368 e. The quantitative estimate of drug-likeness (QED) is 0.904. The minimum atomic E-state index is -0.544. The van der Waals surface area contributed by atoms with E-state index >= 15 is 0 Å². The predicted molar refractivity (Wildman–Crippen MR) is 98.3 cm³/mol. The van der Waals surface area contributed by atoms with E-state index in [0.29, 0.717) is 25.3 Å². The maximum absolute atomic E-state index is 12.8. The number of aryl methyl sites for hydroxylation is 2. The third-order valence-electron chi connectivity index (χ3n) is 4.55. The Bertz CT molecular complexity index is 831. The Morgan fingerprint density at radius 1 is 1.23 bits per heavy atom. The molecule has 1 saturated heterocycles. The molecule has 0 spiro atoms. The summed E-state index contributed by atoms with van der Waals surface area (Å²) in [5.74, 6) is -0.298. The number of nitrogen functional groups attached to an aromatic ring is 1. The number of anilines is 1. The Balaban J connectivity index is 1.74. The maximum Gasteiger partial charge on any atom is 0.273 e. The lowest BCUT2D eigenvalue weighted by Crippen LogP contribution is -2.57. The zero-order valence-corrected chi connectivity index (χ0v) is 15.3. The summed E-state index contributed by atoms with van der Waals surface area (Å²) in [5.41, 5.74) is 8.74. The lowest BCUT2D eigenvalue weighted by Gasteiger charge is -2.39. The largest absolute Gasteiger partial charge is 0.368 e. The van der Waals surface area contributed by atoms with Crippen molar-refractivity contribution in [1.29, 1.82) is 0 Å². The van der Waals surface area contributed by atoms with Crippen LogP contribution in [-0.2, 0) is 11.3 Å². The van der Waals surface area contributed by atoms with Crippen LogP contribution in [0.15, 0.2) is 30.3 Å². The molecule has 0 aliphatic carbocycles. The Labute approximate surface area is 152 Å². The number of hydrogen-bond donors (Lipinski definition) is 1. The predicted octanol–water partition coefficient (Wildman–Crippen LogP) is 1.55.